The minimum Gasteiger partial charge on any atom is -0.367 e. The third-order valence-electron chi connectivity index (χ3n) is 6.11. The van der Waals surface area contributed by atoms with Crippen molar-refractivity contribution in [2.45, 2.75) is 64.3 Å². The van der Waals surface area contributed by atoms with Crippen molar-refractivity contribution in [3.8, 4) is 0 Å². The summed E-state index contributed by atoms with van der Waals surface area (Å²) in [6.07, 6.45) is 5.55. The molecule has 1 aromatic carbocycles. The molecule has 2 fully saturated rings. The molecule has 0 amide bonds. The van der Waals surface area contributed by atoms with Crippen molar-refractivity contribution in [2.24, 2.45) is 5.92 Å². The summed E-state index contributed by atoms with van der Waals surface area (Å²) in [4.78, 5) is 2.07. The van der Waals surface area contributed by atoms with E-state index in [2.05, 4.69) is 19.7 Å². The molecule has 144 valence electrons. The van der Waals surface area contributed by atoms with E-state index in [0.29, 0.717) is 25.6 Å². The average molecular weight is 374 g/mol. The molecule has 0 atom stereocenters. The Morgan fingerprint density at radius 2 is 1.78 bits per heavy atom. The Balaban J connectivity index is 1.49. The number of rotatable bonds is 6. The Kier molecular flexibility index (Phi) is 3.96. The van der Waals surface area contributed by atoms with Crippen molar-refractivity contribution < 1.29 is 13.5 Å². The van der Waals surface area contributed by atoms with Crippen LogP contribution >= 0.6 is 0 Å². The average Bonchev–Trinajstić information content (AvgIpc) is 3.19. The first-order valence-corrected chi connectivity index (χ1v) is 9.89. The van der Waals surface area contributed by atoms with Crippen LogP contribution in [0.15, 0.2) is 12.1 Å². The van der Waals surface area contributed by atoms with Crippen LogP contribution in [0.4, 0.5) is 14.7 Å². The zero-order chi connectivity index (χ0) is 18.6. The summed E-state index contributed by atoms with van der Waals surface area (Å²) >= 11 is 0. The van der Waals surface area contributed by atoms with E-state index in [0.717, 1.165) is 48.7 Å². The van der Waals surface area contributed by atoms with Crippen LogP contribution in [0.3, 0.4) is 0 Å². The molecule has 7 heteroatoms. The van der Waals surface area contributed by atoms with Crippen molar-refractivity contribution in [3.63, 3.8) is 0 Å². The highest BCUT2D eigenvalue weighted by atomic mass is 19.2. The maximum absolute atomic E-state index is 13.6. The largest absolute Gasteiger partial charge is 0.367 e. The summed E-state index contributed by atoms with van der Waals surface area (Å²) in [5.41, 5.74) is 1.32. The van der Waals surface area contributed by atoms with Crippen molar-refractivity contribution in [1.82, 2.24) is 14.8 Å². The molecule has 0 unspecified atom stereocenters. The summed E-state index contributed by atoms with van der Waals surface area (Å²) in [6, 6.07) is 2.61. The van der Waals surface area contributed by atoms with Gasteiger partial charge in [0.1, 0.15) is 5.60 Å². The molecule has 0 bridgehead atoms. The molecule has 27 heavy (non-hydrogen) atoms. The molecular formula is C20H24F2N4O. The van der Waals surface area contributed by atoms with E-state index in [-0.39, 0.29) is 5.60 Å². The van der Waals surface area contributed by atoms with E-state index in [4.69, 9.17) is 4.74 Å². The van der Waals surface area contributed by atoms with Crippen LogP contribution in [0.25, 0.3) is 0 Å². The Morgan fingerprint density at radius 3 is 2.30 bits per heavy atom. The number of anilines is 1. The quantitative estimate of drug-likeness (QED) is 0.769. The molecule has 0 spiro atoms. The van der Waals surface area contributed by atoms with E-state index in [1.807, 2.05) is 6.92 Å². The smallest absolute Gasteiger partial charge is 0.227 e. The van der Waals surface area contributed by atoms with Gasteiger partial charge >= 0.3 is 0 Å². The third kappa shape index (κ3) is 2.83. The minimum absolute atomic E-state index is 0.320. The zero-order valence-electron chi connectivity index (χ0n) is 15.5. The minimum atomic E-state index is -0.791. The normalized spacial score (nSPS) is 20.6. The van der Waals surface area contributed by atoms with Crippen molar-refractivity contribution >= 4 is 5.95 Å². The second kappa shape index (κ2) is 6.26. The van der Waals surface area contributed by atoms with Crippen LogP contribution in [-0.2, 0) is 30.0 Å². The van der Waals surface area contributed by atoms with Crippen LogP contribution < -0.4 is 4.90 Å². The van der Waals surface area contributed by atoms with Gasteiger partial charge in [0.25, 0.3) is 0 Å². The maximum atomic E-state index is 13.6. The Morgan fingerprint density at radius 1 is 1.11 bits per heavy atom. The summed E-state index contributed by atoms with van der Waals surface area (Å²) < 4.78 is 35.6. The number of fused-ring (bicyclic) bond motifs is 1. The molecule has 1 aliphatic heterocycles. The third-order valence-corrected chi connectivity index (χ3v) is 6.11. The van der Waals surface area contributed by atoms with Gasteiger partial charge in [-0.3, -0.25) is 4.57 Å². The molecule has 3 aliphatic rings. The van der Waals surface area contributed by atoms with Crippen molar-refractivity contribution in [1.29, 1.82) is 0 Å². The van der Waals surface area contributed by atoms with Gasteiger partial charge in [0.05, 0.1) is 0 Å². The molecule has 0 N–H and O–H groups in total. The first-order valence-electron chi connectivity index (χ1n) is 9.89. The van der Waals surface area contributed by atoms with E-state index in [9.17, 15) is 8.78 Å². The second-order valence-electron chi connectivity index (χ2n) is 8.05. The van der Waals surface area contributed by atoms with Gasteiger partial charge < -0.3 is 9.64 Å². The number of halogens is 2. The number of aromatic nitrogens is 3. The fourth-order valence-electron chi connectivity index (χ4n) is 4.33. The standard InChI is InChI=1S/C20H24F2N4O/c1-2-27-20(6-3-7-20)18-23-24-19(26(18)10-13-4-5-13)25-11-14-8-16(21)17(22)9-15(14)12-25/h8-9,13H,2-7,10-12H2,1H3. The fourth-order valence-corrected chi connectivity index (χ4v) is 4.33. The summed E-state index contributed by atoms with van der Waals surface area (Å²) in [6.45, 7) is 4.61. The molecule has 0 saturated heterocycles. The van der Waals surface area contributed by atoms with Crippen LogP contribution in [0, 0.1) is 17.6 Å². The zero-order valence-corrected chi connectivity index (χ0v) is 15.5. The molecule has 2 heterocycles. The van der Waals surface area contributed by atoms with Gasteiger partial charge in [0, 0.05) is 26.2 Å². The molecule has 0 radical (unpaired) electrons. The molecule has 2 aromatic rings. The van der Waals surface area contributed by atoms with E-state index < -0.39 is 11.6 Å². The SMILES string of the molecule is CCOC1(c2nnc(N3Cc4cc(F)c(F)cc4C3)n2CC2CC2)CCC1. The van der Waals surface area contributed by atoms with Crippen molar-refractivity contribution in [2.75, 3.05) is 11.5 Å². The maximum Gasteiger partial charge on any atom is 0.227 e. The van der Waals surface area contributed by atoms with Crippen LogP contribution in [0.5, 0.6) is 0 Å². The first kappa shape index (κ1) is 17.1. The lowest BCUT2D eigenvalue weighted by Crippen LogP contribution is -2.40. The van der Waals surface area contributed by atoms with E-state index >= 15 is 0 Å². The number of hydrogen-bond donors (Lipinski definition) is 0. The first-order chi connectivity index (χ1) is 13.1. The molecule has 5 nitrogen and oxygen atoms in total. The van der Waals surface area contributed by atoms with Crippen molar-refractivity contribution in [3.05, 3.63) is 40.7 Å². The predicted molar refractivity (Wildman–Crippen MR) is 96.1 cm³/mol. The monoisotopic (exact) mass is 374 g/mol. The topological polar surface area (TPSA) is 43.2 Å². The van der Waals surface area contributed by atoms with Gasteiger partial charge in [-0.1, -0.05) is 0 Å². The molecule has 5 rings (SSSR count). The van der Waals surface area contributed by atoms with Crippen LogP contribution in [0.2, 0.25) is 0 Å². The lowest BCUT2D eigenvalue weighted by molar-refractivity contribution is -0.110. The highest BCUT2D eigenvalue weighted by molar-refractivity contribution is 5.45. The Hall–Kier alpha value is -2.02. The molecule has 2 aliphatic carbocycles. The Labute approximate surface area is 157 Å². The fraction of sp³-hybridized carbons (Fsp3) is 0.600. The highest BCUT2D eigenvalue weighted by Crippen LogP contribution is 2.46. The molecule has 2 saturated carbocycles. The van der Waals surface area contributed by atoms with Gasteiger partial charge in [0.15, 0.2) is 17.5 Å². The summed E-state index contributed by atoms with van der Waals surface area (Å²) in [5.74, 6) is 0.795. The van der Waals surface area contributed by atoms with Gasteiger partial charge in [-0.05, 0) is 68.2 Å². The van der Waals surface area contributed by atoms with Gasteiger partial charge in [-0.25, -0.2) is 8.78 Å². The highest BCUT2D eigenvalue weighted by Gasteiger charge is 2.45. The number of nitrogens with zero attached hydrogens (tertiary/aromatic N) is 4. The number of benzene rings is 1. The second-order valence-corrected chi connectivity index (χ2v) is 8.05. The predicted octanol–water partition coefficient (Wildman–Crippen LogP) is 3.90. The van der Waals surface area contributed by atoms with E-state index in [1.54, 1.807) is 0 Å². The molecule has 1 aromatic heterocycles. The Bertz CT molecular complexity index is 842. The van der Waals surface area contributed by atoms with Gasteiger partial charge in [0.2, 0.25) is 5.95 Å². The summed E-state index contributed by atoms with van der Waals surface area (Å²) in [5, 5.41) is 9.06. The number of ether oxygens (including phenoxy) is 1. The number of hydrogen-bond acceptors (Lipinski definition) is 4. The van der Waals surface area contributed by atoms with Crippen LogP contribution in [-0.4, -0.2) is 21.4 Å². The van der Waals surface area contributed by atoms with E-state index in [1.165, 1.54) is 25.0 Å². The van der Waals surface area contributed by atoms with Gasteiger partial charge in [-0.2, -0.15) is 0 Å². The lowest BCUT2D eigenvalue weighted by atomic mass is 9.79. The van der Waals surface area contributed by atoms with Gasteiger partial charge in [-0.15, -0.1) is 10.2 Å². The van der Waals surface area contributed by atoms with Crippen LogP contribution in [0.1, 0.15) is 56.0 Å². The lowest BCUT2D eigenvalue weighted by Gasteiger charge is -2.40. The summed E-state index contributed by atoms with van der Waals surface area (Å²) in [7, 11) is 0. The molecular weight excluding hydrogens is 350 g/mol.